The van der Waals surface area contributed by atoms with Crippen molar-refractivity contribution in [1.82, 2.24) is 0 Å². The number of hydrogen-bond donors (Lipinski definition) is 1. The highest BCUT2D eigenvalue weighted by molar-refractivity contribution is 5.88. The van der Waals surface area contributed by atoms with Crippen molar-refractivity contribution < 1.29 is 47.3 Å². The lowest BCUT2D eigenvalue weighted by molar-refractivity contribution is -0.140. The number of ether oxygens (including phenoxy) is 3. The summed E-state index contributed by atoms with van der Waals surface area (Å²) in [6, 6.07) is 0. The molecule has 0 unspecified atom stereocenters. The largest absolute Gasteiger partial charge is 0.481 e. The first-order chi connectivity index (χ1) is 11.1. The summed E-state index contributed by atoms with van der Waals surface area (Å²) in [5, 5.41) is 8.23. The first-order valence-electron chi connectivity index (χ1n) is 6.26. The first kappa shape index (κ1) is 23.5. The smallest absolute Gasteiger partial charge is 0.366 e. The Morgan fingerprint density at radius 3 is 1.83 bits per heavy atom. The molecule has 0 amide bonds. The van der Waals surface area contributed by atoms with Crippen molar-refractivity contribution in [2.45, 2.75) is 19.8 Å². The van der Waals surface area contributed by atoms with Crippen LogP contribution in [-0.4, -0.2) is 50.3 Å². The minimum absolute atomic E-state index is 0.144. The van der Waals surface area contributed by atoms with E-state index in [-0.39, 0.29) is 12.0 Å². The predicted molar refractivity (Wildman–Crippen MR) is 75.9 cm³/mol. The molecule has 0 aliphatic carbocycles. The van der Waals surface area contributed by atoms with Gasteiger partial charge < -0.3 is 19.3 Å². The second kappa shape index (κ2) is 12.7. The molecule has 0 aliphatic heterocycles. The highest BCUT2D eigenvalue weighted by atomic mass is 19.1. The molecule has 0 rings (SSSR count). The van der Waals surface area contributed by atoms with E-state index in [0.717, 1.165) is 20.3 Å². The summed E-state index contributed by atoms with van der Waals surface area (Å²) < 4.78 is 37.5. The Morgan fingerprint density at radius 2 is 1.46 bits per heavy atom. The molecule has 0 heterocycles. The number of carboxylic acid groups (broad SMARTS) is 1. The average Bonchev–Trinajstić information content (AvgIpc) is 2.56. The van der Waals surface area contributed by atoms with Crippen molar-refractivity contribution in [3.8, 4) is 0 Å². The molecule has 0 atom stereocenters. The van der Waals surface area contributed by atoms with Gasteiger partial charge in [0.25, 0.3) is 0 Å². The van der Waals surface area contributed by atoms with Gasteiger partial charge in [-0.25, -0.2) is 9.59 Å². The van der Waals surface area contributed by atoms with Crippen molar-refractivity contribution in [3.63, 3.8) is 0 Å². The van der Waals surface area contributed by atoms with Crippen LogP contribution in [0, 0.1) is 0 Å². The number of esters is 3. The maximum atomic E-state index is 12.7. The molecule has 0 saturated carbocycles. The maximum Gasteiger partial charge on any atom is 0.366 e. The number of rotatable bonds is 6. The number of aliphatic carboxylic acids is 1. The number of carbonyl (C=O) groups is 4. The van der Waals surface area contributed by atoms with E-state index in [1.165, 1.54) is 14.0 Å². The third-order valence-electron chi connectivity index (χ3n) is 2.21. The van der Waals surface area contributed by atoms with Crippen LogP contribution in [0.25, 0.3) is 0 Å². The van der Waals surface area contributed by atoms with Gasteiger partial charge in [-0.05, 0) is 18.6 Å². The van der Waals surface area contributed by atoms with E-state index in [0.29, 0.717) is 0 Å². The average molecular weight is 352 g/mol. The molecule has 0 radical (unpaired) electrons. The van der Waals surface area contributed by atoms with Crippen LogP contribution in [0.5, 0.6) is 0 Å². The lowest BCUT2D eigenvalue weighted by atomic mass is 10.2. The van der Waals surface area contributed by atoms with Gasteiger partial charge in [-0.15, -0.1) is 0 Å². The molecule has 24 heavy (non-hydrogen) atoms. The molecular weight excluding hydrogens is 334 g/mol. The molecule has 0 spiro atoms. The van der Waals surface area contributed by atoms with Gasteiger partial charge in [-0.2, -0.15) is 8.78 Å². The van der Waals surface area contributed by atoms with E-state index in [1.54, 1.807) is 0 Å². The van der Waals surface area contributed by atoms with E-state index in [2.05, 4.69) is 14.2 Å². The van der Waals surface area contributed by atoms with Gasteiger partial charge in [0.15, 0.2) is 0 Å². The number of hydrogen-bond acceptors (Lipinski definition) is 7. The SMILES string of the molecule is COC(=O)C(F)=C(C)CC(=O)O.COC(=O)CC=C(F)C(=O)OC. The molecule has 0 fully saturated rings. The van der Waals surface area contributed by atoms with E-state index in [9.17, 15) is 28.0 Å². The van der Waals surface area contributed by atoms with Crippen molar-refractivity contribution in [3.05, 3.63) is 23.3 Å². The van der Waals surface area contributed by atoms with Gasteiger partial charge in [0, 0.05) is 0 Å². The fraction of sp³-hybridized carbons (Fsp3) is 0.429. The topological polar surface area (TPSA) is 116 Å². The normalized spacial score (nSPS) is 11.3. The van der Waals surface area contributed by atoms with Crippen LogP contribution >= 0.6 is 0 Å². The molecule has 0 aliphatic rings. The van der Waals surface area contributed by atoms with Crippen LogP contribution in [0.4, 0.5) is 8.78 Å². The van der Waals surface area contributed by atoms with E-state index >= 15 is 0 Å². The van der Waals surface area contributed by atoms with Crippen LogP contribution in [-0.2, 0) is 33.4 Å². The van der Waals surface area contributed by atoms with Gasteiger partial charge in [0.05, 0.1) is 34.2 Å². The van der Waals surface area contributed by atoms with Crippen molar-refractivity contribution >= 4 is 23.9 Å². The third-order valence-corrected chi connectivity index (χ3v) is 2.21. The molecular formula is C14H18F2O8. The third kappa shape index (κ3) is 10.9. The van der Waals surface area contributed by atoms with Crippen LogP contribution in [0.2, 0.25) is 0 Å². The van der Waals surface area contributed by atoms with E-state index in [4.69, 9.17) is 5.11 Å². The monoisotopic (exact) mass is 352 g/mol. The lowest BCUT2D eigenvalue weighted by Crippen LogP contribution is -2.05. The summed E-state index contributed by atoms with van der Waals surface area (Å²) in [6.45, 7) is 1.22. The van der Waals surface area contributed by atoms with Crippen molar-refractivity contribution in [2.75, 3.05) is 21.3 Å². The molecule has 0 saturated heterocycles. The Kier molecular flexibility index (Phi) is 12.5. The zero-order valence-corrected chi connectivity index (χ0v) is 13.6. The highest BCUT2D eigenvalue weighted by Gasteiger charge is 2.14. The second-order valence-electron chi connectivity index (χ2n) is 3.98. The van der Waals surface area contributed by atoms with Crippen molar-refractivity contribution in [2.24, 2.45) is 0 Å². The quantitative estimate of drug-likeness (QED) is 0.434. The fourth-order valence-corrected chi connectivity index (χ4v) is 1.01. The molecule has 0 aromatic heterocycles. The fourth-order valence-electron chi connectivity index (χ4n) is 1.01. The zero-order chi connectivity index (χ0) is 19.3. The number of carboxylic acids is 1. The summed E-state index contributed by atoms with van der Waals surface area (Å²) in [5.41, 5.74) is -0.144. The number of halogens is 2. The summed E-state index contributed by atoms with van der Waals surface area (Å²) >= 11 is 0. The Labute approximate surface area is 136 Å². The minimum atomic E-state index is -1.19. The Bertz CT molecular complexity index is 537. The van der Waals surface area contributed by atoms with E-state index < -0.39 is 42.0 Å². The molecule has 8 nitrogen and oxygen atoms in total. The molecule has 0 bridgehead atoms. The molecule has 10 heteroatoms. The lowest BCUT2D eigenvalue weighted by Gasteiger charge is -1.98. The number of carbonyl (C=O) groups excluding carboxylic acids is 3. The Balaban J connectivity index is 0. The number of methoxy groups -OCH3 is 3. The zero-order valence-electron chi connectivity index (χ0n) is 13.6. The summed E-state index contributed by atoms with van der Waals surface area (Å²) in [4.78, 5) is 41.4. The standard InChI is InChI=1S/2C7H9FO4/c1-11-6(9)4-3-5(8)7(10)12-2;1-4(3-5(9)10)6(8)7(11)12-2/h3H,4H2,1-2H3;3H2,1-2H3,(H,9,10). The van der Waals surface area contributed by atoms with Crippen LogP contribution in [0.1, 0.15) is 19.8 Å². The Morgan fingerprint density at radius 1 is 0.958 bits per heavy atom. The van der Waals surface area contributed by atoms with Crippen molar-refractivity contribution in [1.29, 1.82) is 0 Å². The molecule has 0 aromatic rings. The van der Waals surface area contributed by atoms with Gasteiger partial charge >= 0.3 is 23.9 Å². The summed E-state index contributed by atoms with van der Waals surface area (Å²) in [6.07, 6.45) is 0.0238. The van der Waals surface area contributed by atoms with Gasteiger partial charge in [-0.1, -0.05) is 0 Å². The second-order valence-corrected chi connectivity index (χ2v) is 3.98. The van der Waals surface area contributed by atoms with Gasteiger partial charge in [0.1, 0.15) is 0 Å². The Hall–Kier alpha value is -2.78. The van der Waals surface area contributed by atoms with Crippen LogP contribution in [0.3, 0.4) is 0 Å². The molecule has 136 valence electrons. The first-order valence-corrected chi connectivity index (χ1v) is 6.26. The highest BCUT2D eigenvalue weighted by Crippen LogP contribution is 2.10. The van der Waals surface area contributed by atoms with E-state index in [1.807, 2.05) is 0 Å². The van der Waals surface area contributed by atoms with Crippen LogP contribution in [0.15, 0.2) is 23.3 Å². The summed E-state index contributed by atoms with van der Waals surface area (Å²) in [5.74, 6) is -6.28. The summed E-state index contributed by atoms with van der Waals surface area (Å²) in [7, 11) is 3.25. The maximum absolute atomic E-state index is 12.7. The molecule has 0 aromatic carbocycles. The van der Waals surface area contributed by atoms with Gasteiger partial charge in [0.2, 0.25) is 11.7 Å². The molecule has 1 N–H and O–H groups in total. The van der Waals surface area contributed by atoms with Gasteiger partial charge in [-0.3, -0.25) is 9.59 Å². The van der Waals surface area contributed by atoms with Crippen LogP contribution < -0.4 is 0 Å². The minimum Gasteiger partial charge on any atom is -0.481 e. The predicted octanol–water partition coefficient (Wildman–Crippen LogP) is 1.45.